The smallest absolute Gasteiger partial charge is 0.305 e. The second kappa shape index (κ2) is 5.85. The number of hydrogen-bond acceptors (Lipinski definition) is 2. The average molecular weight is 377 g/mol. The number of amides is 1. The third kappa shape index (κ3) is 3.89. The zero-order valence-electron chi connectivity index (χ0n) is 10.0. The molecule has 1 aliphatic carbocycles. The van der Waals surface area contributed by atoms with Gasteiger partial charge in [-0.05, 0) is 59.5 Å². The normalized spacial score (nSPS) is 15.9. The molecule has 1 aromatic carbocycles. The summed E-state index contributed by atoms with van der Waals surface area (Å²) >= 11 is 1.89. The number of carboxylic acids is 1. The molecule has 0 aromatic heterocycles. The molecule has 1 atom stereocenters. The summed E-state index contributed by atoms with van der Waals surface area (Å²) in [6, 6.07) is 3.57. The van der Waals surface area contributed by atoms with E-state index in [9.17, 15) is 14.0 Å². The molecule has 4 nitrogen and oxygen atoms in total. The summed E-state index contributed by atoms with van der Waals surface area (Å²) in [5.41, 5.74) is 0.373. The van der Waals surface area contributed by atoms with Gasteiger partial charge in [0.25, 0.3) is 5.91 Å². The number of carboxylic acid groups (broad SMARTS) is 1. The highest BCUT2D eigenvalue weighted by Crippen LogP contribution is 2.34. The second-order valence-electron chi connectivity index (χ2n) is 4.64. The number of benzene rings is 1. The van der Waals surface area contributed by atoms with Crippen LogP contribution >= 0.6 is 22.6 Å². The maximum absolute atomic E-state index is 13.0. The second-order valence-corrected chi connectivity index (χ2v) is 5.80. The third-order valence-electron chi connectivity index (χ3n) is 3.08. The van der Waals surface area contributed by atoms with Gasteiger partial charge in [0.15, 0.2) is 0 Å². The van der Waals surface area contributed by atoms with Crippen LogP contribution in [0, 0.1) is 15.3 Å². The minimum Gasteiger partial charge on any atom is -0.481 e. The molecule has 0 bridgehead atoms. The topological polar surface area (TPSA) is 66.4 Å². The van der Waals surface area contributed by atoms with Crippen LogP contribution in [0.5, 0.6) is 0 Å². The summed E-state index contributed by atoms with van der Waals surface area (Å²) in [4.78, 5) is 22.8. The van der Waals surface area contributed by atoms with E-state index in [1.54, 1.807) is 0 Å². The van der Waals surface area contributed by atoms with Crippen LogP contribution in [0.1, 0.15) is 29.6 Å². The van der Waals surface area contributed by atoms with Crippen molar-refractivity contribution in [3.63, 3.8) is 0 Å². The van der Waals surface area contributed by atoms with Gasteiger partial charge >= 0.3 is 5.97 Å². The predicted molar refractivity (Wildman–Crippen MR) is 75.3 cm³/mol. The molecule has 2 N–H and O–H groups in total. The summed E-state index contributed by atoms with van der Waals surface area (Å²) in [5.74, 6) is -1.42. The Bertz CT molecular complexity index is 517. The molecule has 0 aliphatic heterocycles. The molecule has 19 heavy (non-hydrogen) atoms. The average Bonchev–Trinajstić information content (AvgIpc) is 3.10. The van der Waals surface area contributed by atoms with Gasteiger partial charge in [0.05, 0.1) is 12.0 Å². The Hall–Kier alpha value is -1.18. The van der Waals surface area contributed by atoms with Gasteiger partial charge in [-0.25, -0.2) is 4.39 Å². The number of halogens is 2. The van der Waals surface area contributed by atoms with Crippen LogP contribution in [-0.4, -0.2) is 23.0 Å². The van der Waals surface area contributed by atoms with Crippen molar-refractivity contribution in [2.24, 2.45) is 5.92 Å². The number of carbonyl (C=O) groups excluding carboxylic acids is 1. The first-order chi connectivity index (χ1) is 8.97. The van der Waals surface area contributed by atoms with Gasteiger partial charge in [-0.1, -0.05) is 0 Å². The Morgan fingerprint density at radius 3 is 2.68 bits per heavy atom. The molecule has 1 fully saturated rings. The van der Waals surface area contributed by atoms with Crippen LogP contribution in [-0.2, 0) is 4.79 Å². The quantitative estimate of drug-likeness (QED) is 0.775. The van der Waals surface area contributed by atoms with Crippen molar-refractivity contribution in [2.75, 3.05) is 0 Å². The van der Waals surface area contributed by atoms with Crippen molar-refractivity contribution in [3.8, 4) is 0 Å². The van der Waals surface area contributed by atoms with Crippen LogP contribution in [0.25, 0.3) is 0 Å². The number of carbonyl (C=O) groups is 2. The van der Waals surface area contributed by atoms with Crippen molar-refractivity contribution in [1.82, 2.24) is 5.32 Å². The summed E-state index contributed by atoms with van der Waals surface area (Å²) in [6.07, 6.45) is 1.81. The highest BCUT2D eigenvalue weighted by molar-refractivity contribution is 14.1. The van der Waals surface area contributed by atoms with Gasteiger partial charge in [-0.15, -0.1) is 0 Å². The van der Waals surface area contributed by atoms with Crippen molar-refractivity contribution in [2.45, 2.75) is 25.3 Å². The fourth-order valence-corrected chi connectivity index (χ4v) is 2.66. The van der Waals surface area contributed by atoms with Crippen molar-refractivity contribution in [1.29, 1.82) is 0 Å². The monoisotopic (exact) mass is 377 g/mol. The van der Waals surface area contributed by atoms with E-state index in [0.717, 1.165) is 12.8 Å². The third-order valence-corrected chi connectivity index (χ3v) is 3.97. The minimum absolute atomic E-state index is 0.0752. The van der Waals surface area contributed by atoms with Crippen molar-refractivity contribution in [3.05, 3.63) is 33.1 Å². The van der Waals surface area contributed by atoms with Gasteiger partial charge in [0, 0.05) is 9.61 Å². The Morgan fingerprint density at radius 1 is 1.47 bits per heavy atom. The minimum atomic E-state index is -0.925. The SMILES string of the molecule is O=C(O)CC(NC(=O)c1ccc(F)cc1I)C1CC1. The first kappa shape index (κ1) is 14.2. The summed E-state index contributed by atoms with van der Waals surface area (Å²) in [5, 5.41) is 11.6. The van der Waals surface area contributed by atoms with Crippen molar-refractivity contribution >= 4 is 34.5 Å². The van der Waals surface area contributed by atoms with Crippen molar-refractivity contribution < 1.29 is 19.1 Å². The van der Waals surface area contributed by atoms with Gasteiger partial charge in [0.2, 0.25) is 0 Å². The largest absolute Gasteiger partial charge is 0.481 e. The predicted octanol–water partition coefficient (Wildman–Crippen LogP) is 2.41. The first-order valence-electron chi connectivity index (χ1n) is 5.95. The molecule has 1 aliphatic rings. The van der Waals surface area contributed by atoms with E-state index in [4.69, 9.17) is 5.11 Å². The number of nitrogens with one attached hydrogen (secondary N) is 1. The van der Waals surface area contributed by atoms with Crippen LogP contribution in [0.4, 0.5) is 4.39 Å². The van der Waals surface area contributed by atoms with E-state index in [1.165, 1.54) is 18.2 Å². The lowest BCUT2D eigenvalue weighted by Crippen LogP contribution is -2.38. The Morgan fingerprint density at radius 2 is 2.16 bits per heavy atom. The van der Waals surface area contributed by atoms with E-state index >= 15 is 0 Å². The summed E-state index contributed by atoms with van der Waals surface area (Å²) in [6.45, 7) is 0. The molecular weight excluding hydrogens is 364 g/mol. The van der Waals surface area contributed by atoms with Gasteiger partial charge in [0.1, 0.15) is 5.82 Å². The van der Waals surface area contributed by atoms with E-state index < -0.39 is 11.8 Å². The molecular formula is C13H13FINO3. The lowest BCUT2D eigenvalue weighted by Gasteiger charge is -2.16. The molecule has 2 rings (SSSR count). The molecule has 102 valence electrons. The van der Waals surface area contributed by atoms with E-state index in [-0.39, 0.29) is 24.3 Å². The molecule has 6 heteroatoms. The molecule has 0 heterocycles. The molecule has 1 unspecified atom stereocenters. The molecule has 0 radical (unpaired) electrons. The first-order valence-corrected chi connectivity index (χ1v) is 7.03. The Kier molecular flexibility index (Phi) is 4.38. The fourth-order valence-electron chi connectivity index (χ4n) is 1.94. The molecule has 0 spiro atoms. The van der Waals surface area contributed by atoms with Crippen LogP contribution in [0.3, 0.4) is 0 Å². The van der Waals surface area contributed by atoms with E-state index in [1.807, 2.05) is 22.6 Å². The van der Waals surface area contributed by atoms with Crippen LogP contribution in [0.15, 0.2) is 18.2 Å². The Labute approximate surface area is 123 Å². The van der Waals surface area contributed by atoms with E-state index in [2.05, 4.69) is 5.32 Å². The molecule has 0 saturated heterocycles. The summed E-state index contributed by atoms with van der Waals surface area (Å²) in [7, 11) is 0. The van der Waals surface area contributed by atoms with Crippen LogP contribution < -0.4 is 5.32 Å². The number of aliphatic carboxylic acids is 1. The summed E-state index contributed by atoms with van der Waals surface area (Å²) < 4.78 is 13.5. The van der Waals surface area contributed by atoms with Gasteiger partial charge in [-0.3, -0.25) is 9.59 Å². The zero-order chi connectivity index (χ0) is 14.0. The van der Waals surface area contributed by atoms with Gasteiger partial charge < -0.3 is 10.4 Å². The Balaban J connectivity index is 2.08. The number of rotatable bonds is 5. The number of hydrogen-bond donors (Lipinski definition) is 2. The molecule has 1 amide bonds. The zero-order valence-corrected chi connectivity index (χ0v) is 12.2. The highest BCUT2D eigenvalue weighted by Gasteiger charge is 2.34. The maximum atomic E-state index is 13.0. The van der Waals surface area contributed by atoms with Gasteiger partial charge in [-0.2, -0.15) is 0 Å². The lowest BCUT2D eigenvalue weighted by atomic mass is 10.1. The highest BCUT2D eigenvalue weighted by atomic mass is 127. The fraction of sp³-hybridized carbons (Fsp3) is 0.385. The lowest BCUT2D eigenvalue weighted by molar-refractivity contribution is -0.137. The maximum Gasteiger partial charge on any atom is 0.305 e. The standard InChI is InChI=1S/C13H13FINO3/c14-8-3-4-9(10(15)5-8)13(19)16-11(6-12(17)18)7-1-2-7/h3-5,7,11H,1-2,6H2,(H,16,19)(H,17,18). The van der Waals surface area contributed by atoms with Crippen LogP contribution in [0.2, 0.25) is 0 Å². The molecule has 1 saturated carbocycles. The van der Waals surface area contributed by atoms with E-state index in [0.29, 0.717) is 9.13 Å². The molecule has 1 aromatic rings.